The SMILES string of the molecule is CCN(Cc1ccncc1)Cc1cc(F)cc(CN)c1. The maximum atomic E-state index is 13.5. The van der Waals surface area contributed by atoms with E-state index >= 15 is 0 Å². The third-order valence-corrected chi connectivity index (χ3v) is 3.26. The second-order valence-electron chi connectivity index (χ2n) is 4.83. The van der Waals surface area contributed by atoms with Crippen LogP contribution in [0.15, 0.2) is 42.7 Å². The summed E-state index contributed by atoms with van der Waals surface area (Å²) >= 11 is 0. The summed E-state index contributed by atoms with van der Waals surface area (Å²) in [6.45, 7) is 4.90. The van der Waals surface area contributed by atoms with Crippen molar-refractivity contribution in [2.75, 3.05) is 6.54 Å². The van der Waals surface area contributed by atoms with Crippen molar-refractivity contribution in [2.24, 2.45) is 5.73 Å². The van der Waals surface area contributed by atoms with E-state index < -0.39 is 0 Å². The minimum Gasteiger partial charge on any atom is -0.326 e. The molecule has 0 spiro atoms. The van der Waals surface area contributed by atoms with E-state index in [-0.39, 0.29) is 5.82 Å². The molecule has 2 aromatic rings. The molecule has 0 radical (unpaired) electrons. The van der Waals surface area contributed by atoms with Gasteiger partial charge in [-0.2, -0.15) is 0 Å². The number of aromatic nitrogens is 1. The van der Waals surface area contributed by atoms with Crippen molar-refractivity contribution >= 4 is 0 Å². The molecule has 0 aliphatic heterocycles. The maximum absolute atomic E-state index is 13.5. The highest BCUT2D eigenvalue weighted by Gasteiger charge is 2.07. The van der Waals surface area contributed by atoms with E-state index in [1.807, 2.05) is 18.2 Å². The van der Waals surface area contributed by atoms with Gasteiger partial charge < -0.3 is 5.73 Å². The van der Waals surface area contributed by atoms with Crippen LogP contribution in [0.25, 0.3) is 0 Å². The first-order valence-electron chi connectivity index (χ1n) is 6.81. The Bertz CT molecular complexity index is 543. The number of nitrogens with zero attached hydrogens (tertiary/aromatic N) is 2. The van der Waals surface area contributed by atoms with Crippen molar-refractivity contribution in [1.29, 1.82) is 0 Å². The Balaban J connectivity index is 2.08. The molecule has 0 fully saturated rings. The van der Waals surface area contributed by atoms with E-state index in [1.165, 1.54) is 11.6 Å². The average molecular weight is 273 g/mol. The summed E-state index contributed by atoms with van der Waals surface area (Å²) in [6.07, 6.45) is 3.58. The molecule has 0 bridgehead atoms. The second kappa shape index (κ2) is 7.12. The van der Waals surface area contributed by atoms with Gasteiger partial charge in [-0.15, -0.1) is 0 Å². The Kier molecular flexibility index (Phi) is 5.21. The number of hydrogen-bond acceptors (Lipinski definition) is 3. The average Bonchev–Trinajstić information content (AvgIpc) is 2.47. The van der Waals surface area contributed by atoms with E-state index in [4.69, 9.17) is 5.73 Å². The third-order valence-electron chi connectivity index (χ3n) is 3.26. The van der Waals surface area contributed by atoms with Gasteiger partial charge in [-0.25, -0.2) is 4.39 Å². The number of pyridine rings is 1. The molecule has 106 valence electrons. The fraction of sp³-hybridized carbons (Fsp3) is 0.312. The third kappa shape index (κ3) is 4.11. The van der Waals surface area contributed by atoms with Crippen molar-refractivity contribution in [1.82, 2.24) is 9.88 Å². The Morgan fingerprint density at radius 2 is 1.70 bits per heavy atom. The quantitative estimate of drug-likeness (QED) is 0.880. The molecule has 0 aliphatic rings. The van der Waals surface area contributed by atoms with Gasteiger partial charge in [0.2, 0.25) is 0 Å². The lowest BCUT2D eigenvalue weighted by Gasteiger charge is -2.21. The summed E-state index contributed by atoms with van der Waals surface area (Å²) in [7, 11) is 0. The van der Waals surface area contributed by atoms with Crippen LogP contribution >= 0.6 is 0 Å². The monoisotopic (exact) mass is 273 g/mol. The highest BCUT2D eigenvalue weighted by Crippen LogP contribution is 2.13. The van der Waals surface area contributed by atoms with E-state index in [2.05, 4.69) is 16.8 Å². The first-order valence-corrected chi connectivity index (χ1v) is 6.81. The Labute approximate surface area is 119 Å². The zero-order valence-corrected chi connectivity index (χ0v) is 11.7. The predicted molar refractivity (Wildman–Crippen MR) is 78.3 cm³/mol. The molecule has 0 aliphatic carbocycles. The van der Waals surface area contributed by atoms with Gasteiger partial charge in [-0.3, -0.25) is 9.88 Å². The fourth-order valence-corrected chi connectivity index (χ4v) is 2.21. The van der Waals surface area contributed by atoms with Crippen molar-refractivity contribution in [2.45, 2.75) is 26.6 Å². The number of benzene rings is 1. The lowest BCUT2D eigenvalue weighted by atomic mass is 10.1. The second-order valence-corrected chi connectivity index (χ2v) is 4.83. The molecule has 1 aromatic heterocycles. The van der Waals surface area contributed by atoms with E-state index in [9.17, 15) is 4.39 Å². The molecule has 4 heteroatoms. The molecule has 3 nitrogen and oxygen atoms in total. The normalized spacial score (nSPS) is 11.0. The van der Waals surface area contributed by atoms with Crippen LogP contribution in [0.5, 0.6) is 0 Å². The van der Waals surface area contributed by atoms with Crippen molar-refractivity contribution in [3.05, 3.63) is 65.2 Å². The van der Waals surface area contributed by atoms with Crippen LogP contribution < -0.4 is 5.73 Å². The summed E-state index contributed by atoms with van der Waals surface area (Å²) in [4.78, 5) is 6.27. The van der Waals surface area contributed by atoms with Crippen molar-refractivity contribution in [3.8, 4) is 0 Å². The summed E-state index contributed by atoms with van der Waals surface area (Å²) in [5.74, 6) is -0.220. The van der Waals surface area contributed by atoms with Crippen LogP contribution in [-0.4, -0.2) is 16.4 Å². The van der Waals surface area contributed by atoms with Crippen LogP contribution in [0, 0.1) is 5.82 Å². The molecule has 1 heterocycles. The van der Waals surface area contributed by atoms with E-state index in [0.29, 0.717) is 13.1 Å². The number of nitrogens with two attached hydrogens (primary N) is 1. The minimum absolute atomic E-state index is 0.220. The molecular formula is C16H20FN3. The highest BCUT2D eigenvalue weighted by atomic mass is 19.1. The zero-order chi connectivity index (χ0) is 14.4. The van der Waals surface area contributed by atoms with Gasteiger partial charge in [0.25, 0.3) is 0 Å². The largest absolute Gasteiger partial charge is 0.326 e. The molecule has 2 N–H and O–H groups in total. The van der Waals surface area contributed by atoms with Gasteiger partial charge in [-0.05, 0) is 47.5 Å². The molecule has 0 atom stereocenters. The van der Waals surface area contributed by atoms with Gasteiger partial charge in [0.1, 0.15) is 5.82 Å². The summed E-state index contributed by atoms with van der Waals surface area (Å²) in [5.41, 5.74) is 8.59. The van der Waals surface area contributed by atoms with E-state index in [1.54, 1.807) is 18.5 Å². The molecule has 0 saturated carbocycles. The van der Waals surface area contributed by atoms with E-state index in [0.717, 1.165) is 24.2 Å². The smallest absolute Gasteiger partial charge is 0.123 e. The van der Waals surface area contributed by atoms with Crippen LogP contribution in [0.1, 0.15) is 23.6 Å². The van der Waals surface area contributed by atoms with Crippen LogP contribution in [-0.2, 0) is 19.6 Å². The van der Waals surface area contributed by atoms with Gasteiger partial charge >= 0.3 is 0 Å². The summed E-state index contributed by atoms with van der Waals surface area (Å²) in [5, 5.41) is 0. The van der Waals surface area contributed by atoms with Gasteiger partial charge in [-0.1, -0.05) is 13.0 Å². The number of hydrogen-bond donors (Lipinski definition) is 1. The Morgan fingerprint density at radius 3 is 2.35 bits per heavy atom. The molecule has 1 aromatic carbocycles. The fourth-order valence-electron chi connectivity index (χ4n) is 2.21. The lowest BCUT2D eigenvalue weighted by Crippen LogP contribution is -2.22. The summed E-state index contributed by atoms with van der Waals surface area (Å²) < 4.78 is 13.5. The van der Waals surface area contributed by atoms with Gasteiger partial charge in [0.05, 0.1) is 0 Å². The van der Waals surface area contributed by atoms with Gasteiger partial charge in [0, 0.05) is 32.0 Å². The van der Waals surface area contributed by atoms with Crippen molar-refractivity contribution in [3.63, 3.8) is 0 Å². The summed E-state index contributed by atoms with van der Waals surface area (Å²) in [6, 6.07) is 9.04. The van der Waals surface area contributed by atoms with Crippen LogP contribution in [0.2, 0.25) is 0 Å². The molecule has 0 saturated heterocycles. The zero-order valence-electron chi connectivity index (χ0n) is 11.7. The van der Waals surface area contributed by atoms with Gasteiger partial charge in [0.15, 0.2) is 0 Å². The first kappa shape index (κ1) is 14.6. The predicted octanol–water partition coefficient (Wildman–Crippen LogP) is 2.70. The highest BCUT2D eigenvalue weighted by molar-refractivity contribution is 5.24. The Morgan fingerprint density at radius 1 is 1.05 bits per heavy atom. The standard InChI is InChI=1S/C16H20FN3/c1-2-20(11-13-3-5-19-6-4-13)12-15-7-14(10-18)8-16(17)9-15/h3-9H,2,10-12,18H2,1H3. The van der Waals surface area contributed by atoms with Crippen LogP contribution in [0.3, 0.4) is 0 Å². The number of halogens is 1. The molecule has 0 amide bonds. The number of rotatable bonds is 6. The molecule has 2 rings (SSSR count). The molecule has 0 unspecified atom stereocenters. The minimum atomic E-state index is -0.220. The topological polar surface area (TPSA) is 42.2 Å². The van der Waals surface area contributed by atoms with Crippen LogP contribution in [0.4, 0.5) is 4.39 Å². The Hall–Kier alpha value is -1.78. The first-order chi connectivity index (χ1) is 9.71. The maximum Gasteiger partial charge on any atom is 0.123 e. The molecule has 20 heavy (non-hydrogen) atoms. The lowest BCUT2D eigenvalue weighted by molar-refractivity contribution is 0.271. The molecular weight excluding hydrogens is 253 g/mol. The van der Waals surface area contributed by atoms with Crippen molar-refractivity contribution < 1.29 is 4.39 Å².